The normalized spacial score (nSPS) is 18.4. The van der Waals surface area contributed by atoms with Gasteiger partial charge >= 0.3 is 5.97 Å². The van der Waals surface area contributed by atoms with Crippen molar-refractivity contribution in [2.45, 2.75) is 13.0 Å². The van der Waals surface area contributed by atoms with E-state index in [4.69, 9.17) is 5.11 Å². The number of aromatic nitrogens is 1. The molecule has 2 heterocycles. The van der Waals surface area contributed by atoms with Crippen LogP contribution in [0.1, 0.15) is 17.3 Å². The van der Waals surface area contributed by atoms with E-state index in [1.54, 1.807) is 4.90 Å². The molecule has 6 nitrogen and oxygen atoms in total. The van der Waals surface area contributed by atoms with Gasteiger partial charge in [-0.3, -0.25) is 4.79 Å². The summed E-state index contributed by atoms with van der Waals surface area (Å²) in [6.45, 7) is 3.72. The molecule has 23 heavy (non-hydrogen) atoms. The number of carboxylic acids is 1. The summed E-state index contributed by atoms with van der Waals surface area (Å²) in [7, 11) is 0. The third kappa shape index (κ3) is 2.55. The first-order valence-electron chi connectivity index (χ1n) is 7.15. The molecule has 1 fully saturated rings. The lowest BCUT2D eigenvalue weighted by molar-refractivity contribution is 0.0693. The third-order valence-corrected chi connectivity index (χ3v) is 3.98. The smallest absolute Gasteiger partial charge is 0.341 e. The van der Waals surface area contributed by atoms with Crippen LogP contribution in [0.5, 0.6) is 0 Å². The Balaban J connectivity index is 2.20. The van der Waals surface area contributed by atoms with Gasteiger partial charge in [0.15, 0.2) is 5.82 Å². The lowest BCUT2D eigenvalue weighted by Crippen LogP contribution is -2.49. The molecule has 1 aliphatic heterocycles. The molecule has 0 bridgehead atoms. The maximum Gasteiger partial charge on any atom is 0.341 e. The highest BCUT2D eigenvalue weighted by molar-refractivity contribution is 5.93. The molecule has 3 rings (SSSR count). The van der Waals surface area contributed by atoms with Gasteiger partial charge in [0.1, 0.15) is 11.1 Å². The summed E-state index contributed by atoms with van der Waals surface area (Å²) in [5.74, 6) is -2.42. The zero-order valence-electron chi connectivity index (χ0n) is 12.3. The highest BCUT2D eigenvalue weighted by Crippen LogP contribution is 2.27. The summed E-state index contributed by atoms with van der Waals surface area (Å²) in [4.78, 5) is 24.7. The number of aromatic carboxylic acids is 1. The standard InChI is InChI=1S/C15H15F2N3O3/c1-8-6-19(5-4-18-8)11-3-2-9-13(12(11)16)20(17)7-10(14(9)21)15(22)23/h2-3,7-8,18H,4-6H2,1H3,(H,22,23)/t8-/m1/s1. The molecular weight excluding hydrogens is 308 g/mol. The van der Waals surface area contributed by atoms with Crippen molar-refractivity contribution in [1.82, 2.24) is 10.1 Å². The zero-order valence-corrected chi connectivity index (χ0v) is 12.3. The minimum Gasteiger partial charge on any atom is -0.477 e. The molecule has 1 aliphatic rings. The van der Waals surface area contributed by atoms with Crippen molar-refractivity contribution in [3.63, 3.8) is 0 Å². The van der Waals surface area contributed by atoms with E-state index in [0.29, 0.717) is 25.8 Å². The van der Waals surface area contributed by atoms with E-state index < -0.39 is 28.3 Å². The maximum atomic E-state index is 14.7. The summed E-state index contributed by atoms with van der Waals surface area (Å²) >= 11 is 0. The van der Waals surface area contributed by atoms with E-state index in [1.807, 2.05) is 6.92 Å². The largest absolute Gasteiger partial charge is 0.477 e. The number of pyridine rings is 1. The fraction of sp³-hybridized carbons (Fsp3) is 0.333. The number of carbonyl (C=O) groups is 1. The first-order valence-corrected chi connectivity index (χ1v) is 7.15. The number of fused-ring (bicyclic) bond motifs is 1. The van der Waals surface area contributed by atoms with Gasteiger partial charge in [-0.1, -0.05) is 4.48 Å². The van der Waals surface area contributed by atoms with Gasteiger partial charge in [-0.25, -0.2) is 9.18 Å². The number of piperazine rings is 1. The Kier molecular flexibility index (Phi) is 3.77. The van der Waals surface area contributed by atoms with Gasteiger partial charge in [0.05, 0.1) is 17.3 Å². The molecule has 0 aliphatic carbocycles. The summed E-state index contributed by atoms with van der Waals surface area (Å²) in [5, 5.41) is 11.8. The van der Waals surface area contributed by atoms with Crippen LogP contribution in [0.3, 0.4) is 0 Å². The number of anilines is 1. The molecule has 0 radical (unpaired) electrons. The van der Waals surface area contributed by atoms with E-state index in [9.17, 15) is 18.5 Å². The van der Waals surface area contributed by atoms with Gasteiger partial charge in [0.25, 0.3) is 0 Å². The van der Waals surface area contributed by atoms with Crippen molar-refractivity contribution in [3.05, 3.63) is 39.9 Å². The molecule has 2 aromatic rings. The summed E-state index contributed by atoms with van der Waals surface area (Å²) in [5.41, 5.74) is -1.98. The Morgan fingerprint density at radius 1 is 1.43 bits per heavy atom. The predicted molar refractivity (Wildman–Crippen MR) is 81.3 cm³/mol. The SMILES string of the molecule is C[C@@H]1CN(c2ccc3c(=O)c(C(=O)O)cn(F)c3c2F)CCN1. The van der Waals surface area contributed by atoms with Crippen LogP contribution in [0.4, 0.5) is 14.6 Å². The Labute approximate surface area is 129 Å². The Bertz CT molecular complexity index is 850. The topological polar surface area (TPSA) is 74.6 Å². The van der Waals surface area contributed by atoms with Crippen LogP contribution in [-0.2, 0) is 0 Å². The van der Waals surface area contributed by atoms with Crippen molar-refractivity contribution in [2.24, 2.45) is 0 Å². The van der Waals surface area contributed by atoms with Crippen molar-refractivity contribution in [1.29, 1.82) is 0 Å². The highest BCUT2D eigenvalue weighted by atomic mass is 19.2. The lowest BCUT2D eigenvalue weighted by Gasteiger charge is -2.34. The Hall–Kier alpha value is -2.48. The van der Waals surface area contributed by atoms with Crippen LogP contribution in [-0.4, -0.2) is 41.5 Å². The second-order valence-electron chi connectivity index (χ2n) is 5.58. The minimum atomic E-state index is -1.55. The molecule has 1 aromatic carbocycles. The lowest BCUT2D eigenvalue weighted by atomic mass is 10.1. The molecule has 8 heteroatoms. The predicted octanol–water partition coefficient (Wildman–Crippen LogP) is 1.37. The van der Waals surface area contributed by atoms with Crippen LogP contribution in [0, 0.1) is 5.82 Å². The molecule has 0 amide bonds. The van der Waals surface area contributed by atoms with Crippen LogP contribution in [0.2, 0.25) is 0 Å². The summed E-state index contributed by atoms with van der Waals surface area (Å²) in [6.07, 6.45) is 0.500. The Morgan fingerprint density at radius 3 is 2.83 bits per heavy atom. The molecule has 2 N–H and O–H groups in total. The van der Waals surface area contributed by atoms with Crippen LogP contribution < -0.4 is 15.6 Å². The van der Waals surface area contributed by atoms with Crippen molar-refractivity contribution >= 4 is 22.6 Å². The van der Waals surface area contributed by atoms with Crippen molar-refractivity contribution in [3.8, 4) is 0 Å². The van der Waals surface area contributed by atoms with Gasteiger partial charge in [-0.15, -0.1) is 0 Å². The number of hydrogen-bond acceptors (Lipinski definition) is 4. The van der Waals surface area contributed by atoms with Crippen LogP contribution in [0.15, 0.2) is 23.1 Å². The van der Waals surface area contributed by atoms with E-state index >= 15 is 0 Å². The molecule has 122 valence electrons. The molecular formula is C15H15F2N3O3. The molecule has 1 aromatic heterocycles. The van der Waals surface area contributed by atoms with Gasteiger partial charge in [-0.2, -0.15) is 4.79 Å². The minimum absolute atomic E-state index is 0.134. The first kappa shape index (κ1) is 15.4. The molecule has 1 atom stereocenters. The van der Waals surface area contributed by atoms with E-state index in [1.165, 1.54) is 12.1 Å². The van der Waals surface area contributed by atoms with Gasteiger partial charge in [0, 0.05) is 25.7 Å². The second-order valence-corrected chi connectivity index (χ2v) is 5.58. The molecule has 1 saturated heterocycles. The van der Waals surface area contributed by atoms with Crippen LogP contribution >= 0.6 is 0 Å². The Morgan fingerprint density at radius 2 is 2.17 bits per heavy atom. The van der Waals surface area contributed by atoms with E-state index in [2.05, 4.69) is 5.32 Å². The van der Waals surface area contributed by atoms with Crippen molar-refractivity contribution in [2.75, 3.05) is 24.5 Å². The number of carboxylic acid groups (broad SMARTS) is 1. The zero-order chi connectivity index (χ0) is 16.7. The van der Waals surface area contributed by atoms with E-state index in [-0.39, 0.29) is 21.9 Å². The second kappa shape index (κ2) is 5.62. The van der Waals surface area contributed by atoms with Gasteiger partial charge < -0.3 is 15.3 Å². The average Bonchev–Trinajstić information content (AvgIpc) is 2.50. The fourth-order valence-corrected chi connectivity index (χ4v) is 2.88. The summed E-state index contributed by atoms with van der Waals surface area (Å²) in [6, 6.07) is 2.81. The van der Waals surface area contributed by atoms with Crippen LogP contribution in [0.25, 0.3) is 10.9 Å². The molecule has 0 unspecified atom stereocenters. The monoisotopic (exact) mass is 323 g/mol. The molecule has 0 spiro atoms. The van der Waals surface area contributed by atoms with Crippen molar-refractivity contribution < 1.29 is 18.8 Å². The molecule has 0 saturated carbocycles. The number of nitrogens with zero attached hydrogens (tertiary/aromatic N) is 2. The third-order valence-electron chi connectivity index (χ3n) is 3.98. The average molecular weight is 323 g/mol. The fourth-order valence-electron chi connectivity index (χ4n) is 2.88. The maximum absolute atomic E-state index is 14.7. The quantitative estimate of drug-likeness (QED) is 0.873. The number of benzene rings is 1. The summed E-state index contributed by atoms with van der Waals surface area (Å²) < 4.78 is 28.9. The van der Waals surface area contributed by atoms with E-state index in [0.717, 1.165) is 0 Å². The number of nitrogens with one attached hydrogen (secondary N) is 1. The van der Waals surface area contributed by atoms with Gasteiger partial charge in [-0.05, 0) is 19.1 Å². The number of hydrogen-bond donors (Lipinski definition) is 2. The highest BCUT2D eigenvalue weighted by Gasteiger charge is 2.23. The first-order chi connectivity index (χ1) is 10.9. The number of rotatable bonds is 2. The number of halogens is 2. The van der Waals surface area contributed by atoms with Gasteiger partial charge in [0.2, 0.25) is 5.43 Å².